The first-order valence-corrected chi connectivity index (χ1v) is 11.5. The fraction of sp³-hybridized carbons (Fsp3) is 0.423. The number of pyridine rings is 2. The van der Waals surface area contributed by atoms with Gasteiger partial charge >= 0.3 is 0 Å². The molecule has 4 rings (SSSR count). The number of aromatic nitrogens is 2. The van der Waals surface area contributed by atoms with Crippen LogP contribution in [0.3, 0.4) is 0 Å². The second-order valence-electron chi connectivity index (χ2n) is 8.87. The van der Waals surface area contributed by atoms with E-state index >= 15 is 0 Å². The Bertz CT molecular complexity index is 1080. The van der Waals surface area contributed by atoms with E-state index in [-0.39, 0.29) is 5.91 Å². The van der Waals surface area contributed by atoms with Crippen LogP contribution in [0.4, 0.5) is 0 Å². The summed E-state index contributed by atoms with van der Waals surface area (Å²) in [5.74, 6) is 0.993. The molecule has 7 heteroatoms. The molecule has 1 aromatic carbocycles. The first kappa shape index (κ1) is 23.1. The third kappa shape index (κ3) is 5.67. The van der Waals surface area contributed by atoms with Crippen LogP contribution in [0.15, 0.2) is 54.9 Å². The third-order valence-electron chi connectivity index (χ3n) is 5.84. The number of amides is 1. The summed E-state index contributed by atoms with van der Waals surface area (Å²) in [4.78, 5) is 26.6. The van der Waals surface area contributed by atoms with Crippen LogP contribution in [0.25, 0.3) is 10.9 Å². The van der Waals surface area contributed by atoms with Crippen LogP contribution in [-0.2, 0) is 22.6 Å². The summed E-state index contributed by atoms with van der Waals surface area (Å²) in [5.41, 5.74) is 3.00. The molecule has 0 unspecified atom stereocenters. The molecule has 1 fully saturated rings. The number of hydrogen-bond donors (Lipinski definition) is 0. The summed E-state index contributed by atoms with van der Waals surface area (Å²) < 4.78 is 11.4. The average molecular weight is 449 g/mol. The Morgan fingerprint density at radius 3 is 2.73 bits per heavy atom. The molecule has 0 bridgehead atoms. The van der Waals surface area contributed by atoms with Gasteiger partial charge in [0.1, 0.15) is 6.10 Å². The minimum atomic E-state index is -0.497. The number of nitrogens with zero attached hydrogens (tertiary/aromatic N) is 4. The van der Waals surface area contributed by atoms with Gasteiger partial charge in [0.2, 0.25) is 5.88 Å². The molecular weight excluding hydrogens is 416 g/mol. The Labute approximate surface area is 195 Å². The Kier molecular flexibility index (Phi) is 7.52. The van der Waals surface area contributed by atoms with E-state index in [0.29, 0.717) is 44.6 Å². The SMILES string of the molecule is COc1ncccc1CN1CCO[C@@H](C(=O)N(Cc2cccc3cccnc23)CC(C)C)C1. The Hall–Kier alpha value is -3.03. The molecule has 2 aromatic heterocycles. The highest BCUT2D eigenvalue weighted by atomic mass is 16.5. The second-order valence-corrected chi connectivity index (χ2v) is 8.87. The van der Waals surface area contributed by atoms with Crippen LogP contribution in [0.2, 0.25) is 0 Å². The number of rotatable bonds is 8. The lowest BCUT2D eigenvalue weighted by molar-refractivity contribution is -0.151. The van der Waals surface area contributed by atoms with Gasteiger partial charge in [-0.3, -0.25) is 14.7 Å². The Morgan fingerprint density at radius 2 is 1.91 bits per heavy atom. The minimum Gasteiger partial charge on any atom is -0.481 e. The lowest BCUT2D eigenvalue weighted by Gasteiger charge is -2.35. The van der Waals surface area contributed by atoms with Crippen molar-refractivity contribution in [1.82, 2.24) is 19.8 Å². The van der Waals surface area contributed by atoms with Crippen LogP contribution < -0.4 is 4.74 Å². The number of fused-ring (bicyclic) bond motifs is 1. The first-order chi connectivity index (χ1) is 16.0. The first-order valence-electron chi connectivity index (χ1n) is 11.5. The average Bonchev–Trinajstić information content (AvgIpc) is 2.83. The number of carbonyl (C=O) groups excluding carboxylic acids is 1. The van der Waals surface area contributed by atoms with Crippen LogP contribution in [0, 0.1) is 5.92 Å². The molecule has 0 radical (unpaired) electrons. The van der Waals surface area contributed by atoms with Gasteiger partial charge in [0, 0.05) is 56.1 Å². The highest BCUT2D eigenvalue weighted by molar-refractivity contribution is 5.84. The Morgan fingerprint density at radius 1 is 1.15 bits per heavy atom. The van der Waals surface area contributed by atoms with Gasteiger partial charge < -0.3 is 14.4 Å². The molecule has 1 aliphatic rings. The van der Waals surface area contributed by atoms with Gasteiger partial charge in [-0.2, -0.15) is 0 Å². The lowest BCUT2D eigenvalue weighted by Crippen LogP contribution is -2.51. The maximum atomic E-state index is 13.6. The van der Waals surface area contributed by atoms with Crippen molar-refractivity contribution in [2.75, 3.05) is 33.4 Å². The van der Waals surface area contributed by atoms with Crippen molar-refractivity contribution in [3.05, 3.63) is 66.0 Å². The molecule has 0 N–H and O–H groups in total. The summed E-state index contributed by atoms with van der Waals surface area (Å²) >= 11 is 0. The number of hydrogen-bond acceptors (Lipinski definition) is 6. The predicted octanol–water partition coefficient (Wildman–Crippen LogP) is 3.52. The molecule has 3 heterocycles. The number of para-hydroxylation sites is 1. The van der Waals surface area contributed by atoms with Crippen LogP contribution in [-0.4, -0.2) is 65.1 Å². The zero-order valence-corrected chi connectivity index (χ0v) is 19.6. The second kappa shape index (κ2) is 10.7. The summed E-state index contributed by atoms with van der Waals surface area (Å²) in [5, 5.41) is 1.08. The molecule has 0 aliphatic carbocycles. The number of carbonyl (C=O) groups is 1. The van der Waals surface area contributed by atoms with Gasteiger partial charge in [0.25, 0.3) is 5.91 Å². The van der Waals surface area contributed by atoms with Gasteiger partial charge in [-0.05, 0) is 23.6 Å². The summed E-state index contributed by atoms with van der Waals surface area (Å²) in [6.07, 6.45) is 3.03. The number of morpholine rings is 1. The van der Waals surface area contributed by atoms with E-state index in [9.17, 15) is 4.79 Å². The van der Waals surface area contributed by atoms with Gasteiger partial charge in [0.05, 0.1) is 19.2 Å². The maximum Gasteiger partial charge on any atom is 0.253 e. The Balaban J connectivity index is 1.50. The van der Waals surface area contributed by atoms with E-state index < -0.39 is 6.10 Å². The van der Waals surface area contributed by atoms with Crippen molar-refractivity contribution < 1.29 is 14.3 Å². The summed E-state index contributed by atoms with van der Waals surface area (Å²) in [6.45, 7) is 7.93. The number of methoxy groups -OCH3 is 1. The van der Waals surface area contributed by atoms with E-state index in [4.69, 9.17) is 9.47 Å². The van der Waals surface area contributed by atoms with E-state index in [2.05, 4.69) is 46.9 Å². The summed E-state index contributed by atoms with van der Waals surface area (Å²) in [7, 11) is 1.63. The predicted molar refractivity (Wildman–Crippen MR) is 128 cm³/mol. The van der Waals surface area contributed by atoms with Crippen molar-refractivity contribution in [3.63, 3.8) is 0 Å². The van der Waals surface area contributed by atoms with Crippen molar-refractivity contribution in [3.8, 4) is 5.88 Å². The fourth-order valence-corrected chi connectivity index (χ4v) is 4.34. The van der Waals surface area contributed by atoms with E-state index in [0.717, 1.165) is 28.6 Å². The quantitative estimate of drug-likeness (QED) is 0.525. The number of benzene rings is 1. The van der Waals surface area contributed by atoms with Gasteiger partial charge in [-0.15, -0.1) is 0 Å². The lowest BCUT2D eigenvalue weighted by atomic mass is 10.1. The molecule has 33 heavy (non-hydrogen) atoms. The molecule has 0 spiro atoms. The standard InChI is InChI=1S/C26H32N4O3/c1-19(2)15-30(17-21-8-4-7-20-9-5-11-27-24(20)21)26(31)23-18-29(13-14-33-23)16-22-10-6-12-28-25(22)32-3/h4-12,19,23H,13-18H2,1-3H3/t23-/m1/s1. The zero-order valence-electron chi connectivity index (χ0n) is 19.6. The molecule has 7 nitrogen and oxygen atoms in total. The molecule has 174 valence electrons. The van der Waals surface area contributed by atoms with Gasteiger partial charge in [0.15, 0.2) is 0 Å². The molecular formula is C26H32N4O3. The molecule has 1 amide bonds. The van der Waals surface area contributed by atoms with E-state index in [1.807, 2.05) is 29.2 Å². The van der Waals surface area contributed by atoms with Crippen molar-refractivity contribution in [2.24, 2.45) is 5.92 Å². The van der Waals surface area contributed by atoms with Crippen LogP contribution in [0.5, 0.6) is 5.88 Å². The summed E-state index contributed by atoms with van der Waals surface area (Å²) in [6, 6.07) is 14.0. The monoisotopic (exact) mass is 448 g/mol. The zero-order chi connectivity index (χ0) is 23.2. The van der Waals surface area contributed by atoms with Gasteiger partial charge in [-0.1, -0.05) is 44.2 Å². The fourth-order valence-electron chi connectivity index (χ4n) is 4.34. The third-order valence-corrected chi connectivity index (χ3v) is 5.84. The number of ether oxygens (including phenoxy) is 2. The molecule has 1 aliphatic heterocycles. The van der Waals surface area contributed by atoms with Crippen molar-refractivity contribution in [1.29, 1.82) is 0 Å². The van der Waals surface area contributed by atoms with E-state index in [1.54, 1.807) is 19.5 Å². The smallest absolute Gasteiger partial charge is 0.253 e. The molecule has 0 saturated carbocycles. The normalized spacial score (nSPS) is 16.8. The van der Waals surface area contributed by atoms with Crippen LogP contribution >= 0.6 is 0 Å². The van der Waals surface area contributed by atoms with Crippen molar-refractivity contribution in [2.45, 2.75) is 33.0 Å². The highest BCUT2D eigenvalue weighted by Crippen LogP contribution is 2.21. The van der Waals surface area contributed by atoms with Crippen molar-refractivity contribution >= 4 is 16.8 Å². The molecule has 3 aromatic rings. The molecule has 1 atom stereocenters. The van der Waals surface area contributed by atoms with E-state index in [1.165, 1.54) is 0 Å². The maximum absolute atomic E-state index is 13.6. The minimum absolute atomic E-state index is 0.0273. The largest absolute Gasteiger partial charge is 0.481 e. The van der Waals surface area contributed by atoms with Crippen LogP contribution in [0.1, 0.15) is 25.0 Å². The highest BCUT2D eigenvalue weighted by Gasteiger charge is 2.31. The molecule has 1 saturated heterocycles. The topological polar surface area (TPSA) is 67.8 Å². The van der Waals surface area contributed by atoms with Gasteiger partial charge in [-0.25, -0.2) is 4.98 Å².